The summed E-state index contributed by atoms with van der Waals surface area (Å²) in [6.07, 6.45) is 1.61. The summed E-state index contributed by atoms with van der Waals surface area (Å²) in [6.45, 7) is 2.04. The largest absolute Gasteiger partial charge is 0.458 e. The van der Waals surface area contributed by atoms with Crippen LogP contribution in [-0.4, -0.2) is 27.4 Å². The summed E-state index contributed by atoms with van der Waals surface area (Å²) in [5, 5.41) is 12.1. The summed E-state index contributed by atoms with van der Waals surface area (Å²) in [5.74, 6) is 0.681. The van der Waals surface area contributed by atoms with Crippen molar-refractivity contribution in [1.82, 2.24) is 9.55 Å². The zero-order valence-electron chi connectivity index (χ0n) is 17.9. The third kappa shape index (κ3) is 2.21. The number of cyclic esters (lactones) is 1. The first-order chi connectivity index (χ1) is 15.9. The van der Waals surface area contributed by atoms with Crippen LogP contribution in [0.1, 0.15) is 53.6 Å². The van der Waals surface area contributed by atoms with Crippen molar-refractivity contribution in [2.45, 2.75) is 51.0 Å². The number of benzene rings is 1. The van der Waals surface area contributed by atoms with Crippen LogP contribution in [0.15, 0.2) is 16.9 Å². The maximum atomic E-state index is 13.5. The molecule has 2 atom stereocenters. The van der Waals surface area contributed by atoms with E-state index in [1.54, 1.807) is 17.6 Å². The van der Waals surface area contributed by atoms with Gasteiger partial charge in [0, 0.05) is 34.2 Å². The van der Waals surface area contributed by atoms with E-state index in [9.17, 15) is 14.7 Å². The molecule has 0 radical (unpaired) electrons. The Morgan fingerprint density at radius 3 is 2.88 bits per heavy atom. The number of ether oxygens (including phenoxy) is 3. The summed E-state index contributed by atoms with van der Waals surface area (Å²) in [4.78, 5) is 30.8. The fourth-order valence-corrected chi connectivity index (χ4v) is 5.83. The van der Waals surface area contributed by atoms with Crippen molar-refractivity contribution in [3.63, 3.8) is 0 Å². The highest BCUT2D eigenvalue weighted by Crippen LogP contribution is 2.49. The fraction of sp³-hybridized carbons (Fsp3) is 0.375. The molecule has 1 aliphatic carbocycles. The van der Waals surface area contributed by atoms with E-state index < -0.39 is 11.6 Å². The van der Waals surface area contributed by atoms with Gasteiger partial charge in [-0.1, -0.05) is 6.92 Å². The van der Waals surface area contributed by atoms with E-state index in [0.717, 1.165) is 46.2 Å². The summed E-state index contributed by atoms with van der Waals surface area (Å²) < 4.78 is 18.2. The SMILES string of the molecule is CC[C@@]1(O)C(=O)OCc2c1cc1n(c2=O)Cc2c-1nc1cc3c(c4c1c2C(N)CC4)OCO3. The van der Waals surface area contributed by atoms with Crippen LogP contribution in [0.4, 0.5) is 0 Å². The van der Waals surface area contributed by atoms with E-state index in [2.05, 4.69) is 0 Å². The zero-order valence-corrected chi connectivity index (χ0v) is 17.9. The van der Waals surface area contributed by atoms with Gasteiger partial charge in [-0.2, -0.15) is 0 Å². The number of nitrogens with two attached hydrogens (primary N) is 1. The number of hydrogen-bond donors (Lipinski definition) is 2. The average molecular weight is 447 g/mol. The van der Waals surface area contributed by atoms with Gasteiger partial charge in [0.1, 0.15) is 6.61 Å². The van der Waals surface area contributed by atoms with Crippen LogP contribution in [0.3, 0.4) is 0 Å². The second-order valence-corrected chi connectivity index (χ2v) is 9.08. The Kier molecular flexibility index (Phi) is 3.54. The maximum Gasteiger partial charge on any atom is 0.343 e. The minimum Gasteiger partial charge on any atom is -0.458 e. The topological polar surface area (TPSA) is 126 Å². The monoisotopic (exact) mass is 447 g/mol. The lowest BCUT2D eigenvalue weighted by atomic mass is 9.83. The number of aryl methyl sites for hydroxylation is 1. The lowest BCUT2D eigenvalue weighted by Gasteiger charge is -2.31. The van der Waals surface area contributed by atoms with Gasteiger partial charge in [-0.25, -0.2) is 9.78 Å². The van der Waals surface area contributed by atoms with E-state index in [1.165, 1.54) is 0 Å². The van der Waals surface area contributed by atoms with Gasteiger partial charge in [0.05, 0.1) is 29.0 Å². The van der Waals surface area contributed by atoms with Crippen LogP contribution >= 0.6 is 0 Å². The molecule has 3 N–H and O–H groups in total. The van der Waals surface area contributed by atoms with Crippen molar-refractivity contribution in [2.75, 3.05) is 6.79 Å². The van der Waals surface area contributed by atoms with Crippen molar-refractivity contribution < 1.29 is 24.1 Å². The first-order valence-corrected chi connectivity index (χ1v) is 11.1. The third-order valence-corrected chi connectivity index (χ3v) is 7.53. The van der Waals surface area contributed by atoms with Gasteiger partial charge < -0.3 is 29.6 Å². The predicted octanol–water partition coefficient (Wildman–Crippen LogP) is 1.75. The predicted molar refractivity (Wildman–Crippen MR) is 116 cm³/mol. The zero-order chi connectivity index (χ0) is 22.6. The normalized spacial score (nSPS) is 23.8. The highest BCUT2D eigenvalue weighted by molar-refractivity contribution is 5.95. The Morgan fingerprint density at radius 2 is 2.06 bits per heavy atom. The minimum absolute atomic E-state index is 0.0999. The minimum atomic E-state index is -1.86. The Morgan fingerprint density at radius 1 is 1.21 bits per heavy atom. The van der Waals surface area contributed by atoms with E-state index in [0.29, 0.717) is 34.8 Å². The number of carbonyl (C=O) groups excluding carboxylic acids is 1. The second kappa shape index (κ2) is 6.12. The van der Waals surface area contributed by atoms with Crippen LogP contribution in [-0.2, 0) is 34.7 Å². The number of esters is 1. The number of aliphatic hydroxyl groups is 1. The molecular formula is C24H21N3O6. The van der Waals surface area contributed by atoms with Gasteiger partial charge >= 0.3 is 5.97 Å². The molecule has 1 aromatic carbocycles. The molecule has 7 rings (SSSR count). The van der Waals surface area contributed by atoms with Crippen molar-refractivity contribution in [3.05, 3.63) is 50.3 Å². The summed E-state index contributed by atoms with van der Waals surface area (Å²) in [7, 11) is 0. The second-order valence-electron chi connectivity index (χ2n) is 9.08. The Labute approximate surface area is 187 Å². The molecule has 168 valence electrons. The summed E-state index contributed by atoms with van der Waals surface area (Å²) >= 11 is 0. The number of hydrogen-bond acceptors (Lipinski definition) is 8. The molecule has 0 fully saturated rings. The Balaban J connectivity index is 1.56. The highest BCUT2D eigenvalue weighted by Gasteiger charge is 2.46. The third-order valence-electron chi connectivity index (χ3n) is 7.53. The molecular weight excluding hydrogens is 426 g/mol. The average Bonchev–Trinajstić information content (AvgIpc) is 3.43. The molecule has 4 aliphatic rings. The molecule has 5 heterocycles. The van der Waals surface area contributed by atoms with Crippen LogP contribution in [0, 0.1) is 0 Å². The number of rotatable bonds is 1. The summed E-state index contributed by atoms with van der Waals surface area (Å²) in [5.41, 5.74) is 9.98. The van der Waals surface area contributed by atoms with E-state index in [-0.39, 0.29) is 31.4 Å². The van der Waals surface area contributed by atoms with E-state index in [1.807, 2.05) is 6.07 Å². The molecule has 0 amide bonds. The lowest BCUT2D eigenvalue weighted by molar-refractivity contribution is -0.172. The molecule has 9 heteroatoms. The van der Waals surface area contributed by atoms with Gasteiger partial charge in [-0.05, 0) is 30.9 Å². The van der Waals surface area contributed by atoms with Crippen LogP contribution < -0.4 is 20.8 Å². The standard InChI is InChI=1S/C24H21N3O6/c1-2-24(30)13-5-16-20-11(7-27(16)22(28)12(13)8-31-23(24)29)18-14(25)4-3-10-19(18)15(26-20)6-17-21(10)33-9-32-17/h5-6,14,30H,2-4,7-9,25H2,1H3/t14?,24-/m0/s1. The van der Waals surface area contributed by atoms with Gasteiger partial charge in [0.2, 0.25) is 6.79 Å². The summed E-state index contributed by atoms with van der Waals surface area (Å²) in [6, 6.07) is 3.39. The Bertz CT molecular complexity index is 1490. The lowest BCUT2D eigenvalue weighted by Crippen LogP contribution is -2.44. The van der Waals surface area contributed by atoms with E-state index in [4.69, 9.17) is 24.9 Å². The first kappa shape index (κ1) is 19.1. The number of pyridine rings is 2. The molecule has 0 saturated carbocycles. The van der Waals surface area contributed by atoms with Crippen LogP contribution in [0.5, 0.6) is 11.5 Å². The number of fused-ring (bicyclic) bond motifs is 7. The van der Waals surface area contributed by atoms with Gasteiger partial charge in [-0.15, -0.1) is 0 Å². The van der Waals surface area contributed by atoms with Crippen molar-refractivity contribution in [2.24, 2.45) is 5.73 Å². The molecule has 33 heavy (non-hydrogen) atoms. The van der Waals surface area contributed by atoms with Crippen LogP contribution in [0.25, 0.3) is 22.3 Å². The van der Waals surface area contributed by atoms with Crippen molar-refractivity contribution in [3.8, 4) is 22.9 Å². The number of aromatic nitrogens is 2. The molecule has 3 aromatic rings. The van der Waals surface area contributed by atoms with Crippen LogP contribution in [0.2, 0.25) is 0 Å². The fourth-order valence-electron chi connectivity index (χ4n) is 5.83. The van der Waals surface area contributed by atoms with Gasteiger partial charge in [0.15, 0.2) is 17.1 Å². The van der Waals surface area contributed by atoms with E-state index >= 15 is 0 Å². The van der Waals surface area contributed by atoms with Gasteiger partial charge in [-0.3, -0.25) is 4.79 Å². The quantitative estimate of drug-likeness (QED) is 0.423. The van der Waals surface area contributed by atoms with Gasteiger partial charge in [0.25, 0.3) is 5.56 Å². The highest BCUT2D eigenvalue weighted by atomic mass is 16.7. The number of nitrogens with zero attached hydrogens (tertiary/aromatic N) is 2. The smallest absolute Gasteiger partial charge is 0.343 e. The number of carbonyl (C=O) groups is 1. The molecule has 0 spiro atoms. The maximum absolute atomic E-state index is 13.5. The van der Waals surface area contributed by atoms with Crippen molar-refractivity contribution in [1.29, 1.82) is 0 Å². The molecule has 1 unspecified atom stereocenters. The molecule has 0 saturated heterocycles. The Hall–Kier alpha value is -3.43. The molecule has 3 aliphatic heterocycles. The first-order valence-electron chi connectivity index (χ1n) is 11.1. The van der Waals surface area contributed by atoms with Crippen molar-refractivity contribution >= 4 is 16.9 Å². The molecule has 9 nitrogen and oxygen atoms in total. The molecule has 2 aromatic heterocycles. The molecule has 0 bridgehead atoms.